The first-order valence-electron chi connectivity index (χ1n) is 7.35. The molecule has 0 radical (unpaired) electrons. The van der Waals surface area contributed by atoms with E-state index in [4.69, 9.17) is 0 Å². The molecule has 0 saturated carbocycles. The van der Waals surface area contributed by atoms with Gasteiger partial charge in [-0.2, -0.15) is 0 Å². The molecule has 4 nitrogen and oxygen atoms in total. The molecule has 0 aliphatic heterocycles. The highest BCUT2D eigenvalue weighted by atomic mass is 79.9. The quantitative estimate of drug-likeness (QED) is 0.832. The number of nitrogens with one attached hydrogen (secondary N) is 1. The van der Waals surface area contributed by atoms with Crippen LogP contribution < -0.4 is 10.2 Å². The van der Waals surface area contributed by atoms with Crippen molar-refractivity contribution in [3.05, 3.63) is 52.8 Å². The number of hydrogen-bond donors (Lipinski definition) is 1. The fourth-order valence-electron chi connectivity index (χ4n) is 2.05. The molecule has 116 valence electrons. The Balaban J connectivity index is 2.12. The molecule has 0 atom stereocenters. The van der Waals surface area contributed by atoms with E-state index in [-0.39, 0.29) is 5.91 Å². The van der Waals surface area contributed by atoms with E-state index in [2.05, 4.69) is 38.1 Å². The Morgan fingerprint density at radius 2 is 2.09 bits per heavy atom. The van der Waals surface area contributed by atoms with E-state index in [1.807, 2.05) is 43.4 Å². The Kier molecular flexibility index (Phi) is 5.95. The van der Waals surface area contributed by atoms with Crippen molar-refractivity contribution in [3.63, 3.8) is 0 Å². The first kappa shape index (κ1) is 16.5. The van der Waals surface area contributed by atoms with Crippen LogP contribution >= 0.6 is 15.9 Å². The standard InChI is InChI=1S/C17H20BrN3O/c1-3-4-11-21(2)13-9-10-19-16(12-13)17(22)20-15-8-6-5-7-14(15)18/h5-10,12H,3-4,11H2,1-2H3,(H,20,22). The van der Waals surface area contributed by atoms with Gasteiger partial charge in [0, 0.05) is 29.9 Å². The smallest absolute Gasteiger partial charge is 0.274 e. The Morgan fingerprint density at radius 1 is 1.32 bits per heavy atom. The number of benzene rings is 1. The summed E-state index contributed by atoms with van der Waals surface area (Å²) in [6.07, 6.45) is 3.94. The molecule has 0 fully saturated rings. The van der Waals surface area contributed by atoms with Crippen LogP contribution in [-0.2, 0) is 0 Å². The highest BCUT2D eigenvalue weighted by molar-refractivity contribution is 9.10. The van der Waals surface area contributed by atoms with Crippen LogP contribution in [0.2, 0.25) is 0 Å². The van der Waals surface area contributed by atoms with Gasteiger partial charge in [0.25, 0.3) is 5.91 Å². The second kappa shape index (κ2) is 7.94. The minimum atomic E-state index is -0.211. The number of pyridine rings is 1. The fraction of sp³-hybridized carbons (Fsp3) is 0.294. The molecule has 0 spiro atoms. The lowest BCUT2D eigenvalue weighted by molar-refractivity contribution is 0.102. The first-order valence-corrected chi connectivity index (χ1v) is 8.14. The van der Waals surface area contributed by atoms with Gasteiger partial charge in [-0.25, -0.2) is 0 Å². The van der Waals surface area contributed by atoms with Crippen LogP contribution in [0.5, 0.6) is 0 Å². The van der Waals surface area contributed by atoms with Gasteiger partial charge in [-0.1, -0.05) is 25.5 Å². The zero-order chi connectivity index (χ0) is 15.9. The summed E-state index contributed by atoms with van der Waals surface area (Å²) in [5, 5.41) is 2.87. The Hall–Kier alpha value is -1.88. The van der Waals surface area contributed by atoms with Gasteiger partial charge in [0.1, 0.15) is 5.69 Å². The number of amides is 1. The van der Waals surface area contributed by atoms with Crippen LogP contribution in [0.4, 0.5) is 11.4 Å². The molecule has 0 bridgehead atoms. The van der Waals surface area contributed by atoms with Crippen molar-refractivity contribution >= 4 is 33.2 Å². The third-order valence-electron chi connectivity index (χ3n) is 3.39. The maximum absolute atomic E-state index is 12.3. The Morgan fingerprint density at radius 3 is 2.82 bits per heavy atom. The number of carbonyl (C=O) groups is 1. The number of hydrogen-bond acceptors (Lipinski definition) is 3. The highest BCUT2D eigenvalue weighted by Gasteiger charge is 2.11. The largest absolute Gasteiger partial charge is 0.374 e. The van der Waals surface area contributed by atoms with Gasteiger partial charge in [0.2, 0.25) is 0 Å². The molecular weight excluding hydrogens is 342 g/mol. The number of unbranched alkanes of at least 4 members (excludes halogenated alkanes) is 1. The first-order chi connectivity index (χ1) is 10.6. The predicted molar refractivity (Wildman–Crippen MR) is 94.5 cm³/mol. The van der Waals surface area contributed by atoms with E-state index < -0.39 is 0 Å². The molecule has 2 rings (SSSR count). The van der Waals surface area contributed by atoms with Crippen molar-refractivity contribution in [3.8, 4) is 0 Å². The Bertz CT molecular complexity index is 645. The maximum atomic E-state index is 12.3. The topological polar surface area (TPSA) is 45.2 Å². The van der Waals surface area contributed by atoms with Crippen molar-refractivity contribution in [2.75, 3.05) is 23.8 Å². The van der Waals surface area contributed by atoms with Gasteiger partial charge in [-0.15, -0.1) is 0 Å². The van der Waals surface area contributed by atoms with Gasteiger partial charge < -0.3 is 10.2 Å². The van der Waals surface area contributed by atoms with Crippen molar-refractivity contribution in [2.45, 2.75) is 19.8 Å². The number of carbonyl (C=O) groups excluding carboxylic acids is 1. The monoisotopic (exact) mass is 361 g/mol. The molecule has 22 heavy (non-hydrogen) atoms. The van der Waals surface area contributed by atoms with E-state index in [0.717, 1.165) is 35.2 Å². The summed E-state index contributed by atoms with van der Waals surface area (Å²) in [5.41, 5.74) is 2.15. The molecule has 1 N–H and O–H groups in total. The minimum Gasteiger partial charge on any atom is -0.374 e. The van der Waals surface area contributed by atoms with E-state index >= 15 is 0 Å². The van der Waals surface area contributed by atoms with Crippen LogP contribution in [0.25, 0.3) is 0 Å². The van der Waals surface area contributed by atoms with Crippen molar-refractivity contribution in [1.29, 1.82) is 0 Å². The summed E-state index contributed by atoms with van der Waals surface area (Å²) in [7, 11) is 2.03. The molecule has 0 unspecified atom stereocenters. The van der Waals surface area contributed by atoms with Crippen molar-refractivity contribution < 1.29 is 4.79 Å². The van der Waals surface area contributed by atoms with E-state index in [1.54, 1.807) is 6.20 Å². The zero-order valence-corrected chi connectivity index (χ0v) is 14.4. The molecule has 1 amide bonds. The molecule has 5 heteroatoms. The number of anilines is 2. The van der Waals surface area contributed by atoms with E-state index in [1.165, 1.54) is 0 Å². The fourth-order valence-corrected chi connectivity index (χ4v) is 2.44. The second-order valence-electron chi connectivity index (χ2n) is 5.11. The van der Waals surface area contributed by atoms with Gasteiger partial charge in [0.05, 0.1) is 5.69 Å². The lowest BCUT2D eigenvalue weighted by Crippen LogP contribution is -2.20. The van der Waals surface area contributed by atoms with Crippen LogP contribution in [0.1, 0.15) is 30.3 Å². The van der Waals surface area contributed by atoms with Crippen LogP contribution in [0.15, 0.2) is 47.1 Å². The summed E-state index contributed by atoms with van der Waals surface area (Å²) in [5.74, 6) is -0.211. The average Bonchev–Trinajstić information content (AvgIpc) is 2.54. The lowest BCUT2D eigenvalue weighted by atomic mass is 10.2. The van der Waals surface area contributed by atoms with Gasteiger partial charge in [0.15, 0.2) is 0 Å². The summed E-state index contributed by atoms with van der Waals surface area (Å²) in [6, 6.07) is 11.3. The lowest BCUT2D eigenvalue weighted by Gasteiger charge is -2.19. The average molecular weight is 362 g/mol. The summed E-state index contributed by atoms with van der Waals surface area (Å²) >= 11 is 3.42. The Labute approximate surface area is 139 Å². The van der Waals surface area contributed by atoms with Crippen LogP contribution in [0.3, 0.4) is 0 Å². The number of para-hydroxylation sites is 1. The van der Waals surface area contributed by atoms with E-state index in [9.17, 15) is 4.79 Å². The maximum Gasteiger partial charge on any atom is 0.274 e. The summed E-state index contributed by atoms with van der Waals surface area (Å²) in [4.78, 5) is 18.7. The third kappa shape index (κ3) is 4.31. The van der Waals surface area contributed by atoms with Gasteiger partial charge in [-0.05, 0) is 46.6 Å². The predicted octanol–water partition coefficient (Wildman–Crippen LogP) is 4.33. The molecule has 0 aliphatic carbocycles. The van der Waals surface area contributed by atoms with Crippen LogP contribution in [-0.4, -0.2) is 24.5 Å². The minimum absolute atomic E-state index is 0.211. The number of halogens is 1. The van der Waals surface area contributed by atoms with Crippen molar-refractivity contribution in [2.24, 2.45) is 0 Å². The second-order valence-corrected chi connectivity index (χ2v) is 5.96. The summed E-state index contributed by atoms with van der Waals surface area (Å²) < 4.78 is 0.847. The molecule has 2 aromatic rings. The number of rotatable bonds is 6. The molecular formula is C17H20BrN3O. The SMILES string of the molecule is CCCCN(C)c1ccnc(C(=O)Nc2ccccc2Br)c1. The zero-order valence-electron chi connectivity index (χ0n) is 12.8. The highest BCUT2D eigenvalue weighted by Crippen LogP contribution is 2.22. The number of aromatic nitrogens is 1. The molecule has 1 heterocycles. The molecule has 1 aromatic carbocycles. The van der Waals surface area contributed by atoms with Gasteiger partial charge >= 0.3 is 0 Å². The van der Waals surface area contributed by atoms with Crippen molar-refractivity contribution in [1.82, 2.24) is 4.98 Å². The summed E-state index contributed by atoms with van der Waals surface area (Å²) in [6.45, 7) is 3.13. The third-order valence-corrected chi connectivity index (χ3v) is 4.08. The number of nitrogens with zero attached hydrogens (tertiary/aromatic N) is 2. The van der Waals surface area contributed by atoms with E-state index in [0.29, 0.717) is 5.69 Å². The molecule has 1 aromatic heterocycles. The molecule has 0 aliphatic rings. The van der Waals surface area contributed by atoms with Crippen LogP contribution in [0, 0.1) is 0 Å². The molecule has 0 saturated heterocycles. The van der Waals surface area contributed by atoms with Gasteiger partial charge in [-0.3, -0.25) is 9.78 Å². The normalized spacial score (nSPS) is 10.3.